The van der Waals surface area contributed by atoms with Gasteiger partial charge in [-0.3, -0.25) is 4.79 Å². The second-order valence-corrected chi connectivity index (χ2v) is 9.34. The predicted octanol–water partition coefficient (Wildman–Crippen LogP) is 6.37. The molecule has 6 heteroatoms. The van der Waals surface area contributed by atoms with Crippen LogP contribution in [0.1, 0.15) is 28.1 Å². The van der Waals surface area contributed by atoms with Crippen molar-refractivity contribution < 1.29 is 4.79 Å². The Balaban J connectivity index is 1.65. The third-order valence-corrected chi connectivity index (χ3v) is 6.60. The van der Waals surface area contributed by atoms with Crippen LogP contribution in [0.3, 0.4) is 0 Å². The van der Waals surface area contributed by atoms with Gasteiger partial charge in [-0.05, 0) is 98.6 Å². The molecule has 1 fully saturated rings. The summed E-state index contributed by atoms with van der Waals surface area (Å²) in [5.41, 5.74) is 7.74. The van der Waals surface area contributed by atoms with Gasteiger partial charge in [-0.2, -0.15) is 0 Å². The molecule has 2 aromatic carbocycles. The van der Waals surface area contributed by atoms with Crippen LogP contribution >= 0.6 is 27.7 Å². The molecular formula is C24H22BrN3OS. The van der Waals surface area contributed by atoms with Crippen molar-refractivity contribution in [1.29, 1.82) is 0 Å². The van der Waals surface area contributed by atoms with Gasteiger partial charge < -0.3 is 9.88 Å². The van der Waals surface area contributed by atoms with Crippen molar-refractivity contribution in [3.8, 4) is 5.69 Å². The van der Waals surface area contributed by atoms with Crippen LogP contribution in [-0.2, 0) is 4.79 Å². The fraction of sp³-hybridized carbons (Fsp3) is 0.167. The molecule has 30 heavy (non-hydrogen) atoms. The fourth-order valence-electron chi connectivity index (χ4n) is 3.48. The third-order valence-electron chi connectivity index (χ3n) is 5.20. The zero-order valence-corrected chi connectivity index (χ0v) is 19.7. The summed E-state index contributed by atoms with van der Waals surface area (Å²) < 4.78 is 3.18. The van der Waals surface area contributed by atoms with Crippen molar-refractivity contribution >= 4 is 50.5 Å². The number of benzene rings is 2. The number of aryl methyl sites for hydroxylation is 3. The molecule has 1 aliphatic rings. The van der Waals surface area contributed by atoms with Gasteiger partial charge in [-0.1, -0.05) is 28.1 Å². The predicted molar refractivity (Wildman–Crippen MR) is 130 cm³/mol. The fourth-order valence-corrected chi connectivity index (χ4v) is 4.70. The van der Waals surface area contributed by atoms with Gasteiger partial charge in [0.15, 0.2) is 5.17 Å². The maximum atomic E-state index is 12.5. The van der Waals surface area contributed by atoms with E-state index in [1.165, 1.54) is 22.9 Å². The van der Waals surface area contributed by atoms with E-state index in [9.17, 15) is 4.79 Å². The average molecular weight is 480 g/mol. The molecular weight excluding hydrogens is 458 g/mol. The zero-order chi connectivity index (χ0) is 21.4. The van der Waals surface area contributed by atoms with E-state index >= 15 is 0 Å². The van der Waals surface area contributed by atoms with Gasteiger partial charge in [0.25, 0.3) is 5.91 Å². The molecule has 0 atom stereocenters. The molecule has 0 aliphatic carbocycles. The van der Waals surface area contributed by atoms with Crippen LogP contribution in [0.5, 0.6) is 0 Å². The van der Waals surface area contributed by atoms with Crippen LogP contribution < -0.4 is 5.32 Å². The number of hydrogen-bond acceptors (Lipinski definition) is 3. The van der Waals surface area contributed by atoms with Gasteiger partial charge in [0.2, 0.25) is 0 Å². The minimum atomic E-state index is -0.121. The third kappa shape index (κ3) is 4.16. The van der Waals surface area contributed by atoms with Crippen molar-refractivity contribution in [1.82, 2.24) is 9.88 Å². The normalized spacial score (nSPS) is 16.5. The summed E-state index contributed by atoms with van der Waals surface area (Å²) in [6, 6.07) is 16.3. The maximum Gasteiger partial charge on any atom is 0.264 e. The standard InChI is InChI=1S/C24H22BrN3OS/c1-14-8-9-21(10-15(14)2)28-16(3)11-18(17(28)4)12-22-23(29)27-24(30-22)26-20-7-5-6-19(25)13-20/h5-13H,1-4H3,(H,26,27,29)/b22-12-. The van der Waals surface area contributed by atoms with E-state index in [1.54, 1.807) is 0 Å². The van der Waals surface area contributed by atoms with E-state index in [-0.39, 0.29) is 5.91 Å². The van der Waals surface area contributed by atoms with Crippen molar-refractivity contribution in [3.63, 3.8) is 0 Å². The number of nitrogens with one attached hydrogen (secondary N) is 1. The molecule has 1 N–H and O–H groups in total. The lowest BCUT2D eigenvalue weighted by atomic mass is 10.1. The minimum absolute atomic E-state index is 0.121. The summed E-state index contributed by atoms with van der Waals surface area (Å²) >= 11 is 4.81. The number of nitrogens with zero attached hydrogens (tertiary/aromatic N) is 2. The molecule has 4 rings (SSSR count). The lowest BCUT2D eigenvalue weighted by Crippen LogP contribution is -2.19. The van der Waals surface area contributed by atoms with Crippen molar-refractivity contribution in [2.75, 3.05) is 0 Å². The number of aromatic nitrogens is 1. The Kier molecular flexibility index (Phi) is 5.71. The van der Waals surface area contributed by atoms with Crippen LogP contribution in [0, 0.1) is 27.7 Å². The largest absolute Gasteiger partial charge is 0.318 e. The summed E-state index contributed by atoms with van der Waals surface area (Å²) in [6.07, 6.45) is 1.95. The first-order valence-corrected chi connectivity index (χ1v) is 11.2. The summed E-state index contributed by atoms with van der Waals surface area (Å²) in [5.74, 6) is -0.121. The monoisotopic (exact) mass is 479 g/mol. The molecule has 0 bridgehead atoms. The van der Waals surface area contributed by atoms with Gasteiger partial charge in [0.1, 0.15) is 0 Å². The summed E-state index contributed by atoms with van der Waals surface area (Å²) in [6.45, 7) is 8.42. The number of hydrogen-bond donors (Lipinski definition) is 1. The number of carbonyl (C=O) groups is 1. The Morgan fingerprint density at radius 3 is 2.57 bits per heavy atom. The van der Waals surface area contributed by atoms with E-state index in [1.807, 2.05) is 30.3 Å². The number of aliphatic imine (C=N–C) groups is 1. The van der Waals surface area contributed by atoms with E-state index < -0.39 is 0 Å². The Labute approximate surface area is 189 Å². The van der Waals surface area contributed by atoms with Crippen molar-refractivity contribution in [2.45, 2.75) is 27.7 Å². The highest BCUT2D eigenvalue weighted by molar-refractivity contribution is 9.10. The first-order valence-electron chi connectivity index (χ1n) is 9.63. The lowest BCUT2D eigenvalue weighted by molar-refractivity contribution is -0.115. The van der Waals surface area contributed by atoms with Gasteiger partial charge >= 0.3 is 0 Å². The Hall–Kier alpha value is -2.57. The van der Waals surface area contributed by atoms with E-state index in [0.717, 1.165) is 32.8 Å². The SMILES string of the molecule is Cc1ccc(-n2c(C)cc(/C=C3\SC(=Nc4cccc(Br)c4)NC3=O)c2C)cc1C. The Morgan fingerprint density at radius 1 is 1.03 bits per heavy atom. The number of rotatable bonds is 3. The molecule has 0 spiro atoms. The second-order valence-electron chi connectivity index (χ2n) is 7.39. The average Bonchev–Trinajstić information content (AvgIpc) is 3.16. The minimum Gasteiger partial charge on any atom is -0.318 e. The van der Waals surface area contributed by atoms with Gasteiger partial charge in [-0.15, -0.1) is 0 Å². The van der Waals surface area contributed by atoms with Gasteiger partial charge in [0, 0.05) is 21.5 Å². The molecule has 0 radical (unpaired) electrons. The van der Waals surface area contributed by atoms with Gasteiger partial charge in [0.05, 0.1) is 10.6 Å². The van der Waals surface area contributed by atoms with Crippen LogP contribution in [-0.4, -0.2) is 15.6 Å². The molecule has 1 amide bonds. The molecule has 1 aliphatic heterocycles. The van der Waals surface area contributed by atoms with E-state index in [0.29, 0.717) is 10.1 Å². The van der Waals surface area contributed by atoms with Crippen molar-refractivity contribution in [2.24, 2.45) is 4.99 Å². The second kappa shape index (κ2) is 8.28. The molecule has 1 aromatic heterocycles. The van der Waals surface area contributed by atoms with E-state index in [2.05, 4.69) is 82.8 Å². The van der Waals surface area contributed by atoms with E-state index in [4.69, 9.17) is 0 Å². The quantitative estimate of drug-likeness (QED) is 0.443. The van der Waals surface area contributed by atoms with Crippen molar-refractivity contribution in [3.05, 3.63) is 86.0 Å². The Bertz CT molecular complexity index is 1220. The number of halogens is 1. The summed E-state index contributed by atoms with van der Waals surface area (Å²) in [5, 5.41) is 3.45. The first-order chi connectivity index (χ1) is 14.3. The molecule has 2 heterocycles. The number of amides is 1. The highest BCUT2D eigenvalue weighted by atomic mass is 79.9. The summed E-state index contributed by atoms with van der Waals surface area (Å²) in [7, 11) is 0. The summed E-state index contributed by atoms with van der Waals surface area (Å²) in [4.78, 5) is 17.7. The maximum absolute atomic E-state index is 12.5. The lowest BCUT2D eigenvalue weighted by Gasteiger charge is -2.11. The molecule has 0 saturated carbocycles. The molecule has 152 valence electrons. The molecule has 1 saturated heterocycles. The highest BCUT2D eigenvalue weighted by Gasteiger charge is 2.24. The smallest absolute Gasteiger partial charge is 0.264 e. The van der Waals surface area contributed by atoms with Gasteiger partial charge in [-0.25, -0.2) is 4.99 Å². The van der Waals surface area contributed by atoms with Crippen LogP contribution in [0.4, 0.5) is 5.69 Å². The topological polar surface area (TPSA) is 46.4 Å². The van der Waals surface area contributed by atoms with Crippen LogP contribution in [0.25, 0.3) is 11.8 Å². The first kappa shape index (κ1) is 20.7. The number of thioether (sulfide) groups is 1. The number of amidine groups is 1. The van der Waals surface area contributed by atoms with Crippen LogP contribution in [0.2, 0.25) is 0 Å². The number of carbonyl (C=O) groups excluding carboxylic acids is 1. The van der Waals surface area contributed by atoms with Crippen LogP contribution in [0.15, 0.2) is 62.9 Å². The molecule has 4 nitrogen and oxygen atoms in total. The highest BCUT2D eigenvalue weighted by Crippen LogP contribution is 2.31. The molecule has 0 unspecified atom stereocenters. The zero-order valence-electron chi connectivity index (χ0n) is 17.3. The molecule has 3 aromatic rings. The Morgan fingerprint density at radius 2 is 1.83 bits per heavy atom.